The van der Waals surface area contributed by atoms with Crippen molar-refractivity contribution in [3.05, 3.63) is 35.4 Å². The third-order valence-electron chi connectivity index (χ3n) is 3.03. The first-order chi connectivity index (χ1) is 7.18. The van der Waals surface area contributed by atoms with Gasteiger partial charge in [-0.3, -0.25) is 0 Å². The van der Waals surface area contributed by atoms with Crippen molar-refractivity contribution in [1.29, 1.82) is 0 Å². The summed E-state index contributed by atoms with van der Waals surface area (Å²) in [5.41, 5.74) is 2.40. The fraction of sp³-hybridized carbons (Fsp3) is 0.538. The summed E-state index contributed by atoms with van der Waals surface area (Å²) in [7, 11) is 0. The van der Waals surface area contributed by atoms with Crippen molar-refractivity contribution in [1.82, 2.24) is 5.32 Å². The first-order valence-electron chi connectivity index (χ1n) is 5.70. The molecule has 1 aromatic carbocycles. The van der Waals surface area contributed by atoms with Gasteiger partial charge in [-0.15, -0.1) is 0 Å². The van der Waals surface area contributed by atoms with E-state index in [1.165, 1.54) is 5.56 Å². The minimum Gasteiger partial charge on any atom is -0.387 e. The van der Waals surface area contributed by atoms with Crippen molar-refractivity contribution in [3.8, 4) is 0 Å². The minimum atomic E-state index is -0.350. The molecule has 0 saturated carbocycles. The maximum atomic E-state index is 10.2. The van der Waals surface area contributed by atoms with E-state index >= 15 is 0 Å². The summed E-state index contributed by atoms with van der Waals surface area (Å²) in [6.07, 6.45) is 1.74. The third kappa shape index (κ3) is 2.21. The number of aliphatic hydroxyl groups excluding tert-OH is 1. The molecule has 2 nitrogen and oxygen atoms in total. The number of aryl methyl sites for hydroxylation is 1. The van der Waals surface area contributed by atoms with Crippen molar-refractivity contribution in [2.75, 3.05) is 0 Å². The molecule has 0 fully saturated rings. The van der Waals surface area contributed by atoms with Crippen molar-refractivity contribution in [2.45, 2.75) is 44.9 Å². The summed E-state index contributed by atoms with van der Waals surface area (Å²) >= 11 is 0. The molecule has 1 aliphatic carbocycles. The lowest BCUT2D eigenvalue weighted by molar-refractivity contribution is 0.110. The van der Waals surface area contributed by atoms with Crippen molar-refractivity contribution >= 4 is 0 Å². The van der Waals surface area contributed by atoms with Gasteiger partial charge in [-0.1, -0.05) is 38.1 Å². The highest BCUT2D eigenvalue weighted by Gasteiger charge is 2.27. The van der Waals surface area contributed by atoms with E-state index in [2.05, 4.69) is 25.2 Å². The Morgan fingerprint density at radius 2 is 2.07 bits per heavy atom. The zero-order valence-electron chi connectivity index (χ0n) is 9.40. The van der Waals surface area contributed by atoms with Gasteiger partial charge in [0.15, 0.2) is 0 Å². The Balaban J connectivity index is 2.18. The Morgan fingerprint density at radius 1 is 1.33 bits per heavy atom. The van der Waals surface area contributed by atoms with Crippen LogP contribution in [0.1, 0.15) is 37.5 Å². The van der Waals surface area contributed by atoms with Crippen LogP contribution in [0.5, 0.6) is 0 Å². The largest absolute Gasteiger partial charge is 0.387 e. The Morgan fingerprint density at radius 3 is 2.80 bits per heavy atom. The van der Waals surface area contributed by atoms with E-state index in [0.29, 0.717) is 6.04 Å². The number of aliphatic hydroxyl groups is 1. The molecule has 2 heteroatoms. The van der Waals surface area contributed by atoms with Crippen molar-refractivity contribution < 1.29 is 5.11 Å². The van der Waals surface area contributed by atoms with Gasteiger partial charge in [0.2, 0.25) is 0 Å². The van der Waals surface area contributed by atoms with Gasteiger partial charge in [0.1, 0.15) is 0 Å². The van der Waals surface area contributed by atoms with Crippen LogP contribution in [-0.4, -0.2) is 17.2 Å². The van der Waals surface area contributed by atoms with Gasteiger partial charge in [0, 0.05) is 12.1 Å². The van der Waals surface area contributed by atoms with Crippen LogP contribution in [0.3, 0.4) is 0 Å². The molecule has 1 aromatic rings. The summed E-state index contributed by atoms with van der Waals surface area (Å²) in [6.45, 7) is 4.24. The van der Waals surface area contributed by atoms with Crippen molar-refractivity contribution in [3.63, 3.8) is 0 Å². The second-order valence-electron chi connectivity index (χ2n) is 4.61. The SMILES string of the molecule is CC(C)NC1CCc2ccccc2C1O. The standard InChI is InChI=1S/C13H19NO/c1-9(2)14-12-8-7-10-5-3-4-6-11(10)13(12)15/h3-6,9,12-15H,7-8H2,1-2H3. The monoisotopic (exact) mass is 205 g/mol. The lowest BCUT2D eigenvalue weighted by Gasteiger charge is -2.32. The van der Waals surface area contributed by atoms with Gasteiger partial charge < -0.3 is 10.4 Å². The predicted octanol–water partition coefficient (Wildman–Crippen LogP) is 2.03. The molecule has 0 aliphatic heterocycles. The average Bonchev–Trinajstić information content (AvgIpc) is 2.22. The fourth-order valence-electron chi connectivity index (χ4n) is 2.34. The van der Waals surface area contributed by atoms with Crippen molar-refractivity contribution in [2.24, 2.45) is 0 Å². The van der Waals surface area contributed by atoms with Gasteiger partial charge in [0.25, 0.3) is 0 Å². The normalized spacial score (nSPS) is 25.3. The Bertz CT molecular complexity index is 335. The molecule has 0 spiro atoms. The van der Waals surface area contributed by atoms with Gasteiger partial charge in [-0.2, -0.15) is 0 Å². The van der Waals surface area contributed by atoms with E-state index in [0.717, 1.165) is 18.4 Å². The number of rotatable bonds is 2. The molecule has 1 aliphatic rings. The molecular weight excluding hydrogens is 186 g/mol. The first kappa shape index (κ1) is 10.7. The molecule has 2 unspecified atom stereocenters. The lowest BCUT2D eigenvalue weighted by Crippen LogP contribution is -2.41. The van der Waals surface area contributed by atoms with Crippen LogP contribution in [0.15, 0.2) is 24.3 Å². The molecule has 0 bridgehead atoms. The van der Waals surface area contributed by atoms with Gasteiger partial charge >= 0.3 is 0 Å². The molecule has 2 atom stereocenters. The molecular formula is C13H19NO. The van der Waals surface area contributed by atoms with Crippen LogP contribution in [-0.2, 0) is 6.42 Å². The first-order valence-corrected chi connectivity index (χ1v) is 5.70. The number of nitrogens with one attached hydrogen (secondary N) is 1. The number of benzene rings is 1. The number of hydrogen-bond acceptors (Lipinski definition) is 2. The van der Waals surface area contributed by atoms with Crippen LogP contribution < -0.4 is 5.32 Å². The van der Waals surface area contributed by atoms with E-state index in [-0.39, 0.29) is 12.1 Å². The molecule has 0 heterocycles. The number of fused-ring (bicyclic) bond motifs is 1. The quantitative estimate of drug-likeness (QED) is 0.774. The molecule has 0 radical (unpaired) electrons. The maximum Gasteiger partial charge on any atom is 0.0945 e. The van der Waals surface area contributed by atoms with Crippen LogP contribution in [0.25, 0.3) is 0 Å². The molecule has 82 valence electrons. The van der Waals surface area contributed by atoms with Crippen LogP contribution >= 0.6 is 0 Å². The second kappa shape index (κ2) is 4.33. The third-order valence-corrected chi connectivity index (χ3v) is 3.03. The summed E-state index contributed by atoms with van der Waals surface area (Å²) in [5.74, 6) is 0. The van der Waals surface area contributed by atoms with E-state index in [1.54, 1.807) is 0 Å². The summed E-state index contributed by atoms with van der Waals surface area (Å²) in [4.78, 5) is 0. The second-order valence-corrected chi connectivity index (χ2v) is 4.61. The maximum absolute atomic E-state index is 10.2. The van der Waals surface area contributed by atoms with Crippen LogP contribution in [0.4, 0.5) is 0 Å². The van der Waals surface area contributed by atoms with E-state index < -0.39 is 0 Å². The fourth-order valence-corrected chi connectivity index (χ4v) is 2.34. The van der Waals surface area contributed by atoms with Gasteiger partial charge in [-0.25, -0.2) is 0 Å². The van der Waals surface area contributed by atoms with Crippen LogP contribution in [0, 0.1) is 0 Å². The van der Waals surface area contributed by atoms with E-state index in [1.807, 2.05) is 18.2 Å². The van der Waals surface area contributed by atoms with Gasteiger partial charge in [0.05, 0.1) is 6.10 Å². The number of hydrogen-bond donors (Lipinski definition) is 2. The lowest BCUT2D eigenvalue weighted by atomic mass is 9.85. The summed E-state index contributed by atoms with van der Waals surface area (Å²) in [6, 6.07) is 8.83. The van der Waals surface area contributed by atoms with Gasteiger partial charge in [-0.05, 0) is 24.0 Å². The molecule has 15 heavy (non-hydrogen) atoms. The molecule has 0 saturated heterocycles. The summed E-state index contributed by atoms with van der Waals surface area (Å²) < 4.78 is 0. The molecule has 0 amide bonds. The minimum absolute atomic E-state index is 0.208. The average molecular weight is 205 g/mol. The Labute approximate surface area is 91.3 Å². The summed E-state index contributed by atoms with van der Waals surface area (Å²) in [5, 5.41) is 13.6. The Kier molecular flexibility index (Phi) is 3.08. The molecule has 2 N–H and O–H groups in total. The Hall–Kier alpha value is -0.860. The highest BCUT2D eigenvalue weighted by Crippen LogP contribution is 2.29. The molecule has 2 rings (SSSR count). The van der Waals surface area contributed by atoms with E-state index in [4.69, 9.17) is 0 Å². The van der Waals surface area contributed by atoms with E-state index in [9.17, 15) is 5.11 Å². The highest BCUT2D eigenvalue weighted by molar-refractivity contribution is 5.32. The zero-order valence-corrected chi connectivity index (χ0v) is 9.40. The molecule has 0 aromatic heterocycles. The smallest absolute Gasteiger partial charge is 0.0945 e. The highest BCUT2D eigenvalue weighted by atomic mass is 16.3. The predicted molar refractivity (Wildman–Crippen MR) is 61.8 cm³/mol. The zero-order chi connectivity index (χ0) is 10.8. The van der Waals surface area contributed by atoms with Crippen LogP contribution in [0.2, 0.25) is 0 Å². The topological polar surface area (TPSA) is 32.3 Å².